The summed E-state index contributed by atoms with van der Waals surface area (Å²) in [5, 5.41) is 3.40. The van der Waals surface area contributed by atoms with E-state index in [1.807, 2.05) is 0 Å². The molecule has 0 aliphatic heterocycles. The molecule has 0 radical (unpaired) electrons. The van der Waals surface area contributed by atoms with Gasteiger partial charge in [-0.25, -0.2) is 0 Å². The number of hydrogen-bond donors (Lipinski definition) is 1. The predicted octanol–water partition coefficient (Wildman–Crippen LogP) is 1.96. The minimum atomic E-state index is 0.371. The van der Waals surface area contributed by atoms with Gasteiger partial charge in [0, 0.05) is 26.8 Å². The van der Waals surface area contributed by atoms with Gasteiger partial charge in [0.05, 0.1) is 13.2 Å². The lowest BCUT2D eigenvalue weighted by molar-refractivity contribution is 0.171. The Hall–Kier alpha value is -0.900. The van der Waals surface area contributed by atoms with E-state index in [0.29, 0.717) is 12.6 Å². The van der Waals surface area contributed by atoms with Crippen LogP contribution in [-0.2, 0) is 22.6 Å². The van der Waals surface area contributed by atoms with E-state index in [9.17, 15) is 0 Å². The second-order valence-electron chi connectivity index (χ2n) is 3.99. The highest BCUT2D eigenvalue weighted by Crippen LogP contribution is 2.06. The maximum Gasteiger partial charge on any atom is 0.0713 e. The summed E-state index contributed by atoms with van der Waals surface area (Å²) < 4.78 is 10.2. The molecule has 1 aromatic rings. The zero-order chi connectivity index (χ0) is 11.8. The van der Waals surface area contributed by atoms with Gasteiger partial charge in [0.25, 0.3) is 0 Å². The summed E-state index contributed by atoms with van der Waals surface area (Å²) in [5.41, 5.74) is 2.48. The van der Waals surface area contributed by atoms with Crippen LogP contribution in [0.2, 0.25) is 0 Å². The second kappa shape index (κ2) is 7.39. The monoisotopic (exact) mass is 223 g/mol. The summed E-state index contributed by atoms with van der Waals surface area (Å²) in [4.78, 5) is 0. The van der Waals surface area contributed by atoms with E-state index in [1.165, 1.54) is 11.1 Å². The quantitative estimate of drug-likeness (QED) is 0.766. The number of benzene rings is 1. The zero-order valence-corrected chi connectivity index (χ0v) is 10.3. The summed E-state index contributed by atoms with van der Waals surface area (Å²) in [6, 6.07) is 8.79. The van der Waals surface area contributed by atoms with Gasteiger partial charge in [0.2, 0.25) is 0 Å². The van der Waals surface area contributed by atoms with Crippen LogP contribution in [0.5, 0.6) is 0 Å². The maximum absolute atomic E-state index is 5.11. The van der Waals surface area contributed by atoms with Crippen molar-refractivity contribution in [3.63, 3.8) is 0 Å². The molecule has 0 saturated carbocycles. The number of hydrogen-bond acceptors (Lipinski definition) is 3. The van der Waals surface area contributed by atoms with E-state index in [0.717, 1.165) is 13.2 Å². The fourth-order valence-corrected chi connectivity index (χ4v) is 1.60. The highest BCUT2D eigenvalue weighted by atomic mass is 16.5. The molecule has 90 valence electrons. The smallest absolute Gasteiger partial charge is 0.0713 e. The maximum atomic E-state index is 5.11. The molecule has 0 aliphatic carbocycles. The van der Waals surface area contributed by atoms with E-state index >= 15 is 0 Å². The lowest BCUT2D eigenvalue weighted by Crippen LogP contribution is -2.29. The van der Waals surface area contributed by atoms with E-state index in [2.05, 4.69) is 36.5 Å². The molecule has 16 heavy (non-hydrogen) atoms. The molecule has 0 amide bonds. The Morgan fingerprint density at radius 2 is 1.94 bits per heavy atom. The van der Waals surface area contributed by atoms with Gasteiger partial charge < -0.3 is 14.8 Å². The number of rotatable bonds is 7. The van der Waals surface area contributed by atoms with E-state index in [4.69, 9.17) is 9.47 Å². The molecule has 0 spiro atoms. The first kappa shape index (κ1) is 13.2. The second-order valence-corrected chi connectivity index (χ2v) is 3.99. The molecule has 0 fully saturated rings. The van der Waals surface area contributed by atoms with Gasteiger partial charge in [-0.15, -0.1) is 0 Å². The van der Waals surface area contributed by atoms with Crippen molar-refractivity contribution in [2.24, 2.45) is 0 Å². The van der Waals surface area contributed by atoms with Crippen molar-refractivity contribution in [3.8, 4) is 0 Å². The lowest BCUT2D eigenvalue weighted by atomic mass is 10.1. The third kappa shape index (κ3) is 4.75. The summed E-state index contributed by atoms with van der Waals surface area (Å²) in [7, 11) is 3.43. The lowest BCUT2D eigenvalue weighted by Gasteiger charge is -2.13. The predicted molar refractivity (Wildman–Crippen MR) is 65.3 cm³/mol. The molecule has 1 rings (SSSR count). The van der Waals surface area contributed by atoms with Crippen LogP contribution in [0, 0.1) is 0 Å². The molecule has 0 bridgehead atoms. The normalized spacial score (nSPS) is 12.7. The van der Waals surface area contributed by atoms with Gasteiger partial charge in [0.1, 0.15) is 0 Å². The molecular formula is C13H21NO2. The molecule has 1 aromatic carbocycles. The molecule has 1 unspecified atom stereocenters. The van der Waals surface area contributed by atoms with Crippen molar-refractivity contribution in [3.05, 3.63) is 35.4 Å². The Labute approximate surface area is 97.8 Å². The van der Waals surface area contributed by atoms with Crippen molar-refractivity contribution in [1.82, 2.24) is 5.32 Å². The molecule has 3 heteroatoms. The van der Waals surface area contributed by atoms with Gasteiger partial charge in [-0.3, -0.25) is 0 Å². The molecule has 1 atom stereocenters. The van der Waals surface area contributed by atoms with Crippen LogP contribution < -0.4 is 5.32 Å². The fourth-order valence-electron chi connectivity index (χ4n) is 1.60. The topological polar surface area (TPSA) is 30.5 Å². The summed E-state index contributed by atoms with van der Waals surface area (Å²) in [6.45, 7) is 4.38. The van der Waals surface area contributed by atoms with Crippen LogP contribution in [-0.4, -0.2) is 26.9 Å². The first-order chi connectivity index (χ1) is 7.76. The third-order valence-corrected chi connectivity index (χ3v) is 2.37. The van der Waals surface area contributed by atoms with Gasteiger partial charge in [0.15, 0.2) is 0 Å². The average Bonchev–Trinajstić information content (AvgIpc) is 2.28. The first-order valence-corrected chi connectivity index (χ1v) is 5.55. The van der Waals surface area contributed by atoms with Crippen molar-refractivity contribution in [1.29, 1.82) is 0 Å². The van der Waals surface area contributed by atoms with Crippen LogP contribution in [0.1, 0.15) is 18.1 Å². The minimum Gasteiger partial charge on any atom is -0.383 e. The summed E-state index contributed by atoms with van der Waals surface area (Å²) >= 11 is 0. The van der Waals surface area contributed by atoms with Gasteiger partial charge in [-0.1, -0.05) is 24.3 Å². The van der Waals surface area contributed by atoms with Gasteiger partial charge >= 0.3 is 0 Å². The van der Waals surface area contributed by atoms with Crippen LogP contribution in [0.25, 0.3) is 0 Å². The highest BCUT2D eigenvalue weighted by molar-refractivity contribution is 5.22. The van der Waals surface area contributed by atoms with Crippen LogP contribution in [0.4, 0.5) is 0 Å². The Balaban J connectivity index is 2.44. The van der Waals surface area contributed by atoms with Gasteiger partial charge in [-0.2, -0.15) is 0 Å². The van der Waals surface area contributed by atoms with Crippen molar-refractivity contribution in [2.75, 3.05) is 20.8 Å². The summed E-state index contributed by atoms with van der Waals surface area (Å²) in [5.74, 6) is 0. The van der Waals surface area contributed by atoms with E-state index in [1.54, 1.807) is 14.2 Å². The van der Waals surface area contributed by atoms with Crippen LogP contribution in [0.3, 0.4) is 0 Å². The van der Waals surface area contributed by atoms with Crippen molar-refractivity contribution in [2.45, 2.75) is 26.1 Å². The fraction of sp³-hybridized carbons (Fsp3) is 0.538. The Bertz CT molecular complexity index is 302. The average molecular weight is 223 g/mol. The largest absolute Gasteiger partial charge is 0.383 e. The van der Waals surface area contributed by atoms with Crippen molar-refractivity contribution < 1.29 is 9.47 Å². The zero-order valence-electron chi connectivity index (χ0n) is 10.3. The Morgan fingerprint density at radius 1 is 1.19 bits per heavy atom. The molecule has 0 saturated heterocycles. The van der Waals surface area contributed by atoms with Gasteiger partial charge in [-0.05, 0) is 18.1 Å². The Kier molecular flexibility index (Phi) is 6.08. The van der Waals surface area contributed by atoms with E-state index in [-0.39, 0.29) is 0 Å². The van der Waals surface area contributed by atoms with E-state index < -0.39 is 0 Å². The molecule has 1 N–H and O–H groups in total. The summed E-state index contributed by atoms with van der Waals surface area (Å²) in [6.07, 6.45) is 0. The number of methoxy groups -OCH3 is 2. The minimum absolute atomic E-state index is 0.371. The standard InChI is InChI=1S/C13H21NO2/c1-11(9-15-2)14-8-12-5-4-6-13(7-12)10-16-3/h4-7,11,14H,8-10H2,1-3H3. The van der Waals surface area contributed by atoms with Crippen LogP contribution >= 0.6 is 0 Å². The van der Waals surface area contributed by atoms with Crippen molar-refractivity contribution >= 4 is 0 Å². The SMILES string of the molecule is COCc1cccc(CNC(C)COC)c1. The molecule has 0 heterocycles. The highest BCUT2D eigenvalue weighted by Gasteiger charge is 2.01. The Morgan fingerprint density at radius 3 is 2.62 bits per heavy atom. The number of ether oxygens (including phenoxy) is 2. The molecule has 3 nitrogen and oxygen atoms in total. The van der Waals surface area contributed by atoms with Crippen LogP contribution in [0.15, 0.2) is 24.3 Å². The third-order valence-electron chi connectivity index (χ3n) is 2.37. The molecule has 0 aromatic heterocycles. The number of nitrogens with one attached hydrogen (secondary N) is 1. The molecule has 0 aliphatic rings. The molecular weight excluding hydrogens is 202 g/mol. The first-order valence-electron chi connectivity index (χ1n) is 5.55.